The molecule has 2 aromatic rings. The summed E-state index contributed by atoms with van der Waals surface area (Å²) in [7, 11) is 1.35. The minimum absolute atomic E-state index is 0.0261. The number of hydrogen-bond donors (Lipinski definition) is 2. The van der Waals surface area contributed by atoms with Crippen molar-refractivity contribution < 1.29 is 19.1 Å². The van der Waals surface area contributed by atoms with Crippen LogP contribution in [0.15, 0.2) is 40.8 Å². The second-order valence-electron chi connectivity index (χ2n) is 5.03. The van der Waals surface area contributed by atoms with E-state index in [2.05, 4.69) is 5.32 Å². The molecular weight excluding hydrogens is 282 g/mol. The van der Waals surface area contributed by atoms with Gasteiger partial charge in [0.25, 0.3) is 0 Å². The molecule has 118 valence electrons. The van der Waals surface area contributed by atoms with Crippen LogP contribution in [-0.4, -0.2) is 24.8 Å². The average molecular weight is 303 g/mol. The summed E-state index contributed by atoms with van der Waals surface area (Å²) in [6.45, 7) is 2.30. The summed E-state index contributed by atoms with van der Waals surface area (Å²) in [6.07, 6.45) is 0.605. The van der Waals surface area contributed by atoms with Crippen LogP contribution in [0.25, 0.3) is 0 Å². The van der Waals surface area contributed by atoms with Gasteiger partial charge in [-0.05, 0) is 25.0 Å². The van der Waals surface area contributed by atoms with Crippen molar-refractivity contribution in [2.45, 2.75) is 25.9 Å². The zero-order valence-electron chi connectivity index (χ0n) is 12.8. The highest BCUT2D eigenvalue weighted by molar-refractivity contribution is 5.90. The van der Waals surface area contributed by atoms with E-state index in [9.17, 15) is 9.90 Å². The maximum absolute atomic E-state index is 11.6. The van der Waals surface area contributed by atoms with E-state index in [-0.39, 0.29) is 12.6 Å². The first-order valence-corrected chi connectivity index (χ1v) is 7.22. The van der Waals surface area contributed by atoms with Gasteiger partial charge in [-0.1, -0.05) is 30.3 Å². The number of hydrogen-bond acceptors (Lipinski definition) is 5. The molecule has 2 N–H and O–H groups in total. The summed E-state index contributed by atoms with van der Waals surface area (Å²) in [6, 6.07) is 11.6. The third-order valence-electron chi connectivity index (χ3n) is 3.52. The van der Waals surface area contributed by atoms with Crippen molar-refractivity contribution in [2.75, 3.05) is 13.7 Å². The molecule has 5 heteroatoms. The normalized spacial score (nSPS) is 12.1. The van der Waals surface area contributed by atoms with E-state index >= 15 is 0 Å². The van der Waals surface area contributed by atoms with Gasteiger partial charge in [-0.2, -0.15) is 0 Å². The van der Waals surface area contributed by atoms with Gasteiger partial charge in [-0.3, -0.25) is 0 Å². The molecule has 0 aliphatic heterocycles. The number of aryl methyl sites for hydroxylation is 1. The Kier molecular flexibility index (Phi) is 5.75. The van der Waals surface area contributed by atoms with Gasteiger partial charge in [0.1, 0.15) is 17.1 Å². The number of furan rings is 1. The number of rotatable bonds is 7. The number of aliphatic hydroxyl groups is 1. The van der Waals surface area contributed by atoms with E-state index in [0.717, 1.165) is 5.56 Å². The molecule has 0 radical (unpaired) electrons. The summed E-state index contributed by atoms with van der Waals surface area (Å²) >= 11 is 0. The minimum Gasteiger partial charge on any atom is -0.465 e. The zero-order chi connectivity index (χ0) is 15.9. The lowest BCUT2D eigenvalue weighted by molar-refractivity contribution is 0.0599. The lowest BCUT2D eigenvalue weighted by Crippen LogP contribution is -2.21. The molecule has 1 atom stereocenters. The van der Waals surface area contributed by atoms with Crippen LogP contribution < -0.4 is 5.32 Å². The molecule has 0 saturated heterocycles. The highest BCUT2D eigenvalue weighted by Crippen LogP contribution is 2.19. The van der Waals surface area contributed by atoms with Crippen molar-refractivity contribution in [1.82, 2.24) is 5.32 Å². The fourth-order valence-corrected chi connectivity index (χ4v) is 2.37. The van der Waals surface area contributed by atoms with Crippen molar-refractivity contribution in [1.29, 1.82) is 0 Å². The molecule has 1 aromatic heterocycles. The van der Waals surface area contributed by atoms with Gasteiger partial charge in [-0.15, -0.1) is 0 Å². The number of methoxy groups -OCH3 is 1. The highest BCUT2D eigenvalue weighted by Gasteiger charge is 2.16. The van der Waals surface area contributed by atoms with Gasteiger partial charge < -0.3 is 19.6 Å². The van der Waals surface area contributed by atoms with E-state index in [1.807, 2.05) is 30.3 Å². The molecule has 5 nitrogen and oxygen atoms in total. The smallest absolute Gasteiger partial charge is 0.341 e. The Morgan fingerprint density at radius 1 is 1.36 bits per heavy atom. The van der Waals surface area contributed by atoms with E-state index < -0.39 is 5.97 Å². The van der Waals surface area contributed by atoms with E-state index in [0.29, 0.717) is 30.0 Å². The topological polar surface area (TPSA) is 71.7 Å². The Balaban J connectivity index is 2.05. The van der Waals surface area contributed by atoms with Crippen molar-refractivity contribution in [2.24, 2.45) is 0 Å². The van der Waals surface area contributed by atoms with Gasteiger partial charge in [0.15, 0.2) is 0 Å². The molecule has 22 heavy (non-hydrogen) atoms. The fraction of sp³-hybridized carbons (Fsp3) is 0.353. The summed E-state index contributed by atoms with van der Waals surface area (Å²) in [5.74, 6) is 0.807. The van der Waals surface area contributed by atoms with Gasteiger partial charge in [0, 0.05) is 12.6 Å². The maximum Gasteiger partial charge on any atom is 0.341 e. The van der Waals surface area contributed by atoms with Crippen molar-refractivity contribution in [3.63, 3.8) is 0 Å². The predicted molar refractivity (Wildman–Crippen MR) is 82.5 cm³/mol. The quantitative estimate of drug-likeness (QED) is 0.769. The number of esters is 1. The molecule has 0 bridgehead atoms. The molecule has 0 aliphatic carbocycles. The van der Waals surface area contributed by atoms with Crippen molar-refractivity contribution >= 4 is 5.97 Å². The van der Waals surface area contributed by atoms with E-state index in [1.165, 1.54) is 7.11 Å². The summed E-state index contributed by atoms with van der Waals surface area (Å²) in [5.41, 5.74) is 1.55. The second-order valence-corrected chi connectivity index (χ2v) is 5.03. The molecule has 0 spiro atoms. The summed E-state index contributed by atoms with van der Waals surface area (Å²) in [4.78, 5) is 11.6. The van der Waals surface area contributed by atoms with Crippen LogP contribution in [0.5, 0.6) is 0 Å². The monoisotopic (exact) mass is 303 g/mol. The summed E-state index contributed by atoms with van der Waals surface area (Å²) in [5, 5.41) is 12.6. The standard InChI is InChI=1S/C17H21NO4/c1-12-15(17(20)21-2)10-14(22-12)11-18-16(8-9-19)13-6-4-3-5-7-13/h3-7,10,16,18-19H,8-9,11H2,1-2H3. The Labute approximate surface area is 129 Å². The van der Waals surface area contributed by atoms with E-state index in [4.69, 9.17) is 9.15 Å². The average Bonchev–Trinajstić information content (AvgIpc) is 2.92. The van der Waals surface area contributed by atoms with Crippen LogP contribution in [0, 0.1) is 6.92 Å². The fourth-order valence-electron chi connectivity index (χ4n) is 2.37. The maximum atomic E-state index is 11.6. The largest absolute Gasteiger partial charge is 0.465 e. The zero-order valence-corrected chi connectivity index (χ0v) is 12.8. The summed E-state index contributed by atoms with van der Waals surface area (Å²) < 4.78 is 10.3. The number of ether oxygens (including phenoxy) is 1. The molecule has 1 aromatic carbocycles. The van der Waals surface area contributed by atoms with Crippen LogP contribution in [-0.2, 0) is 11.3 Å². The van der Waals surface area contributed by atoms with Crippen molar-refractivity contribution in [3.8, 4) is 0 Å². The molecule has 0 fully saturated rings. The first kappa shape index (κ1) is 16.3. The number of aliphatic hydroxyl groups excluding tert-OH is 1. The first-order valence-electron chi connectivity index (χ1n) is 7.22. The number of nitrogens with one attached hydrogen (secondary N) is 1. The predicted octanol–water partition coefficient (Wildman–Crippen LogP) is 2.59. The van der Waals surface area contributed by atoms with Gasteiger partial charge in [-0.25, -0.2) is 4.79 Å². The Bertz CT molecular complexity index is 606. The molecule has 1 unspecified atom stereocenters. The van der Waals surface area contributed by atoms with Crippen LogP contribution in [0.4, 0.5) is 0 Å². The van der Waals surface area contributed by atoms with Crippen LogP contribution >= 0.6 is 0 Å². The van der Waals surface area contributed by atoms with Gasteiger partial charge in [0.2, 0.25) is 0 Å². The molecule has 2 rings (SSSR count). The van der Waals surface area contributed by atoms with Crippen molar-refractivity contribution in [3.05, 3.63) is 59.0 Å². The molecule has 1 heterocycles. The highest BCUT2D eigenvalue weighted by atomic mass is 16.5. The molecule has 0 aliphatic rings. The third-order valence-corrected chi connectivity index (χ3v) is 3.52. The van der Waals surface area contributed by atoms with Crippen LogP contribution in [0.1, 0.15) is 39.9 Å². The molecular formula is C17H21NO4. The van der Waals surface area contributed by atoms with Crippen LogP contribution in [0.3, 0.4) is 0 Å². The van der Waals surface area contributed by atoms with Gasteiger partial charge in [0.05, 0.1) is 13.7 Å². The first-order chi connectivity index (χ1) is 10.7. The van der Waals surface area contributed by atoms with Gasteiger partial charge >= 0.3 is 5.97 Å². The lowest BCUT2D eigenvalue weighted by Gasteiger charge is -2.17. The van der Waals surface area contributed by atoms with E-state index in [1.54, 1.807) is 13.0 Å². The van der Waals surface area contributed by atoms with Crippen LogP contribution in [0.2, 0.25) is 0 Å². The third kappa shape index (κ3) is 3.96. The Morgan fingerprint density at radius 2 is 2.09 bits per heavy atom. The second kappa shape index (κ2) is 7.77. The number of carbonyl (C=O) groups excluding carboxylic acids is 1. The minimum atomic E-state index is -0.400. The Morgan fingerprint density at radius 3 is 2.73 bits per heavy atom. The number of benzene rings is 1. The Hall–Kier alpha value is -2.11. The SMILES string of the molecule is COC(=O)c1cc(CNC(CCO)c2ccccc2)oc1C. The lowest BCUT2D eigenvalue weighted by atomic mass is 10.0. The molecule has 0 amide bonds. The molecule has 0 saturated carbocycles. The number of carbonyl (C=O) groups is 1.